The lowest BCUT2D eigenvalue weighted by Gasteiger charge is -2.13. The van der Waals surface area contributed by atoms with E-state index in [1.165, 1.54) is 18.2 Å². The first kappa shape index (κ1) is 22.6. The van der Waals surface area contributed by atoms with E-state index in [4.69, 9.17) is 4.52 Å². The number of para-hydroxylation sites is 1. The van der Waals surface area contributed by atoms with E-state index in [1.54, 1.807) is 12.1 Å². The first-order chi connectivity index (χ1) is 16.8. The molecule has 178 valence electrons. The number of hydrogen-bond donors (Lipinski definition) is 2. The number of anilines is 1. The SMILES string of the molecule is O=C(NCC(F)(F)F)c1ccccc1NC(=O)c1cc(C2CC2)nc2onc(-c3ccccc3)c12. The second-order valence-electron chi connectivity index (χ2n) is 8.24. The zero-order valence-corrected chi connectivity index (χ0v) is 18.2. The van der Waals surface area contributed by atoms with Gasteiger partial charge < -0.3 is 15.2 Å². The Morgan fingerprint density at radius 2 is 1.69 bits per heavy atom. The van der Waals surface area contributed by atoms with Gasteiger partial charge in [-0.15, -0.1) is 0 Å². The lowest BCUT2D eigenvalue weighted by molar-refractivity contribution is -0.123. The van der Waals surface area contributed by atoms with Gasteiger partial charge in [-0.3, -0.25) is 9.59 Å². The number of halogens is 3. The third-order valence-corrected chi connectivity index (χ3v) is 5.62. The predicted molar refractivity (Wildman–Crippen MR) is 122 cm³/mol. The highest BCUT2D eigenvalue weighted by atomic mass is 19.4. The molecule has 4 aromatic rings. The Labute approximate surface area is 197 Å². The summed E-state index contributed by atoms with van der Waals surface area (Å²) in [5, 5.41) is 9.06. The van der Waals surface area contributed by atoms with Crippen LogP contribution in [0, 0.1) is 0 Å². The fourth-order valence-corrected chi connectivity index (χ4v) is 3.79. The molecule has 5 rings (SSSR count). The highest BCUT2D eigenvalue weighted by Gasteiger charge is 2.30. The average Bonchev–Trinajstić information content (AvgIpc) is 3.61. The highest BCUT2D eigenvalue weighted by molar-refractivity contribution is 6.16. The Kier molecular flexibility index (Phi) is 5.72. The normalized spacial score (nSPS) is 13.6. The van der Waals surface area contributed by atoms with Crippen molar-refractivity contribution in [2.75, 3.05) is 11.9 Å². The molecule has 7 nitrogen and oxygen atoms in total. The molecule has 1 saturated carbocycles. The van der Waals surface area contributed by atoms with Gasteiger partial charge in [0.15, 0.2) is 0 Å². The monoisotopic (exact) mass is 480 g/mol. The summed E-state index contributed by atoms with van der Waals surface area (Å²) in [5.41, 5.74) is 2.33. The Hall–Kier alpha value is -4.21. The average molecular weight is 480 g/mol. The van der Waals surface area contributed by atoms with E-state index in [-0.39, 0.29) is 28.4 Å². The molecule has 0 atom stereocenters. The Balaban J connectivity index is 1.52. The fraction of sp³-hybridized carbons (Fsp3) is 0.200. The van der Waals surface area contributed by atoms with Gasteiger partial charge in [0.2, 0.25) is 0 Å². The zero-order chi connectivity index (χ0) is 24.6. The number of alkyl halides is 3. The number of rotatable bonds is 6. The van der Waals surface area contributed by atoms with Crippen molar-refractivity contribution in [2.45, 2.75) is 24.9 Å². The van der Waals surface area contributed by atoms with Crippen LogP contribution >= 0.6 is 0 Å². The molecule has 0 radical (unpaired) electrons. The number of carbonyl (C=O) groups is 2. The molecule has 10 heteroatoms. The molecular formula is C25H19F3N4O3. The predicted octanol–water partition coefficient (Wildman–Crippen LogP) is 5.31. The van der Waals surface area contributed by atoms with Crippen molar-refractivity contribution in [3.8, 4) is 11.3 Å². The van der Waals surface area contributed by atoms with E-state index in [2.05, 4.69) is 15.5 Å². The van der Waals surface area contributed by atoms with E-state index < -0.39 is 24.5 Å². The Morgan fingerprint density at radius 3 is 2.40 bits per heavy atom. The van der Waals surface area contributed by atoms with E-state index in [1.807, 2.05) is 35.6 Å². The van der Waals surface area contributed by atoms with Crippen molar-refractivity contribution in [2.24, 2.45) is 0 Å². The van der Waals surface area contributed by atoms with Crippen LogP contribution in [-0.2, 0) is 0 Å². The van der Waals surface area contributed by atoms with Gasteiger partial charge in [-0.1, -0.05) is 47.6 Å². The Bertz CT molecular complexity index is 1410. The summed E-state index contributed by atoms with van der Waals surface area (Å²) in [4.78, 5) is 30.4. The van der Waals surface area contributed by atoms with Crippen LogP contribution in [0.3, 0.4) is 0 Å². The van der Waals surface area contributed by atoms with Crippen LogP contribution in [-0.4, -0.2) is 34.7 Å². The summed E-state index contributed by atoms with van der Waals surface area (Å²) in [6.45, 7) is -1.48. The van der Waals surface area contributed by atoms with Crippen molar-refractivity contribution in [1.82, 2.24) is 15.5 Å². The first-order valence-electron chi connectivity index (χ1n) is 10.9. The number of carbonyl (C=O) groups excluding carboxylic acids is 2. The minimum absolute atomic E-state index is 0.0767. The summed E-state index contributed by atoms with van der Waals surface area (Å²) in [6.07, 6.45) is -2.67. The second-order valence-corrected chi connectivity index (χ2v) is 8.24. The van der Waals surface area contributed by atoms with Gasteiger partial charge >= 0.3 is 6.18 Å². The second kappa shape index (κ2) is 8.86. The molecular weight excluding hydrogens is 461 g/mol. The van der Waals surface area contributed by atoms with Gasteiger partial charge in [-0.2, -0.15) is 13.2 Å². The third kappa shape index (κ3) is 4.86. The van der Waals surface area contributed by atoms with Crippen molar-refractivity contribution in [3.05, 3.63) is 77.5 Å². The number of nitrogens with one attached hydrogen (secondary N) is 2. The van der Waals surface area contributed by atoms with Crippen LogP contribution < -0.4 is 10.6 Å². The van der Waals surface area contributed by atoms with Crippen molar-refractivity contribution < 1.29 is 27.3 Å². The van der Waals surface area contributed by atoms with Gasteiger partial charge in [-0.25, -0.2) is 4.98 Å². The Morgan fingerprint density at radius 1 is 0.971 bits per heavy atom. The van der Waals surface area contributed by atoms with Crippen LogP contribution in [0.5, 0.6) is 0 Å². The van der Waals surface area contributed by atoms with Gasteiger partial charge in [0.05, 0.1) is 22.2 Å². The van der Waals surface area contributed by atoms with Crippen molar-refractivity contribution in [1.29, 1.82) is 0 Å². The quantitative estimate of drug-likeness (QED) is 0.390. The van der Waals surface area contributed by atoms with Gasteiger partial charge in [-0.05, 0) is 31.0 Å². The molecule has 0 spiro atoms. The molecule has 1 aliphatic carbocycles. The summed E-state index contributed by atoms with van der Waals surface area (Å²) in [7, 11) is 0. The standard InChI is InChI=1S/C25H19F3N4O3/c26-25(27,28)13-29-22(33)16-8-4-5-9-18(16)30-23(34)17-12-19(14-10-11-14)31-24-20(17)21(32-35-24)15-6-2-1-3-7-15/h1-9,12,14H,10-11,13H2,(H,29,33)(H,30,34). The van der Waals surface area contributed by atoms with E-state index in [9.17, 15) is 22.8 Å². The third-order valence-electron chi connectivity index (χ3n) is 5.62. The number of hydrogen-bond acceptors (Lipinski definition) is 5. The molecule has 2 amide bonds. The maximum absolute atomic E-state index is 13.5. The maximum Gasteiger partial charge on any atom is 0.405 e. The molecule has 0 aliphatic heterocycles. The zero-order valence-electron chi connectivity index (χ0n) is 18.2. The van der Waals surface area contributed by atoms with Crippen molar-refractivity contribution >= 4 is 28.6 Å². The summed E-state index contributed by atoms with van der Waals surface area (Å²) < 4.78 is 43.2. The van der Waals surface area contributed by atoms with Gasteiger partial charge in [0, 0.05) is 17.2 Å². The van der Waals surface area contributed by atoms with E-state index in [0.717, 1.165) is 18.4 Å². The van der Waals surface area contributed by atoms with Crippen LogP contribution in [0.15, 0.2) is 65.2 Å². The molecule has 2 heterocycles. The molecule has 2 aromatic heterocycles. The molecule has 2 N–H and O–H groups in total. The largest absolute Gasteiger partial charge is 0.405 e. The first-order valence-corrected chi connectivity index (χ1v) is 10.9. The molecule has 0 unspecified atom stereocenters. The number of nitrogens with zero attached hydrogens (tertiary/aromatic N) is 2. The van der Waals surface area contributed by atoms with E-state index in [0.29, 0.717) is 16.8 Å². The summed E-state index contributed by atoms with van der Waals surface area (Å²) >= 11 is 0. The maximum atomic E-state index is 13.5. The summed E-state index contributed by atoms with van der Waals surface area (Å²) in [6, 6.07) is 16.7. The lowest BCUT2D eigenvalue weighted by Crippen LogP contribution is -2.34. The number of pyridine rings is 1. The highest BCUT2D eigenvalue weighted by Crippen LogP contribution is 2.41. The number of amides is 2. The van der Waals surface area contributed by atoms with Gasteiger partial charge in [0.25, 0.3) is 17.5 Å². The topological polar surface area (TPSA) is 97.1 Å². The number of aromatic nitrogens is 2. The van der Waals surface area contributed by atoms with Gasteiger partial charge in [0.1, 0.15) is 12.2 Å². The van der Waals surface area contributed by atoms with Crippen LogP contribution in [0.25, 0.3) is 22.4 Å². The molecule has 35 heavy (non-hydrogen) atoms. The number of benzene rings is 2. The van der Waals surface area contributed by atoms with Crippen LogP contribution in [0.2, 0.25) is 0 Å². The molecule has 0 bridgehead atoms. The van der Waals surface area contributed by atoms with Crippen LogP contribution in [0.1, 0.15) is 45.2 Å². The molecule has 1 aliphatic rings. The summed E-state index contributed by atoms with van der Waals surface area (Å²) in [5.74, 6) is -1.29. The molecule has 2 aromatic carbocycles. The minimum atomic E-state index is -4.56. The van der Waals surface area contributed by atoms with E-state index >= 15 is 0 Å². The fourth-order valence-electron chi connectivity index (χ4n) is 3.79. The minimum Gasteiger partial charge on any atom is -0.343 e. The molecule has 0 saturated heterocycles. The number of fused-ring (bicyclic) bond motifs is 1. The van der Waals surface area contributed by atoms with Crippen LogP contribution in [0.4, 0.5) is 18.9 Å². The molecule has 1 fully saturated rings. The van der Waals surface area contributed by atoms with Crippen molar-refractivity contribution in [3.63, 3.8) is 0 Å². The lowest BCUT2D eigenvalue weighted by atomic mass is 10.0. The smallest absolute Gasteiger partial charge is 0.343 e.